The molecule has 130 valence electrons. The van der Waals surface area contributed by atoms with E-state index in [1.165, 1.54) is 26.8 Å². The lowest BCUT2D eigenvalue weighted by molar-refractivity contribution is -0.167. The van der Waals surface area contributed by atoms with Crippen molar-refractivity contribution in [1.82, 2.24) is 9.55 Å². The smallest absolute Gasteiger partial charge is 0.350 e. The Labute approximate surface area is 136 Å². The van der Waals surface area contributed by atoms with Gasteiger partial charge in [0.2, 0.25) is 0 Å². The zero-order chi connectivity index (χ0) is 17.9. The van der Waals surface area contributed by atoms with Crippen LogP contribution in [-0.2, 0) is 23.8 Å². The second kappa shape index (κ2) is 7.35. The van der Waals surface area contributed by atoms with Crippen LogP contribution >= 0.6 is 0 Å². The number of ether oxygens (including phenoxy) is 3. The number of carbonyl (C=O) groups excluding carboxylic acids is 2. The number of carbonyl (C=O) groups is 2. The number of hydrogen-bond donors (Lipinski definition) is 0. The predicted molar refractivity (Wildman–Crippen MR) is 78.4 cm³/mol. The number of esters is 2. The van der Waals surface area contributed by atoms with Crippen molar-refractivity contribution in [2.75, 3.05) is 6.61 Å². The van der Waals surface area contributed by atoms with Crippen molar-refractivity contribution < 1.29 is 28.2 Å². The molecule has 0 saturated heterocycles. The largest absolute Gasteiger partial charge is 0.460 e. The molecule has 3 atom stereocenters. The monoisotopic (exact) mass is 340 g/mol. The van der Waals surface area contributed by atoms with Crippen molar-refractivity contribution in [3.05, 3.63) is 40.3 Å². The van der Waals surface area contributed by atoms with Gasteiger partial charge >= 0.3 is 17.6 Å². The van der Waals surface area contributed by atoms with Gasteiger partial charge < -0.3 is 14.2 Å². The molecule has 0 N–H and O–H groups in total. The Bertz CT molecular complexity index is 729. The maximum atomic E-state index is 13.5. The van der Waals surface area contributed by atoms with Gasteiger partial charge in [-0.2, -0.15) is 4.98 Å². The topological polar surface area (TPSA) is 96.7 Å². The zero-order valence-electron chi connectivity index (χ0n) is 13.4. The van der Waals surface area contributed by atoms with Crippen LogP contribution in [0.15, 0.2) is 23.1 Å². The minimum absolute atomic E-state index is 0.00293. The van der Waals surface area contributed by atoms with Crippen LogP contribution in [0.2, 0.25) is 0 Å². The zero-order valence-corrected chi connectivity index (χ0v) is 13.4. The predicted octanol–water partition coefficient (Wildman–Crippen LogP) is 0.639. The van der Waals surface area contributed by atoms with Gasteiger partial charge in [0.25, 0.3) is 0 Å². The molecule has 0 aromatic carbocycles. The van der Waals surface area contributed by atoms with Crippen molar-refractivity contribution in [1.29, 1.82) is 0 Å². The van der Waals surface area contributed by atoms with Gasteiger partial charge in [0, 0.05) is 13.1 Å². The summed E-state index contributed by atoms with van der Waals surface area (Å²) in [6, 6.07) is 0. The van der Waals surface area contributed by atoms with Gasteiger partial charge in [-0.3, -0.25) is 9.36 Å². The molecule has 1 aliphatic rings. The van der Waals surface area contributed by atoms with E-state index in [9.17, 15) is 18.8 Å². The molecule has 0 bridgehead atoms. The van der Waals surface area contributed by atoms with E-state index in [0.717, 1.165) is 10.8 Å². The molecule has 1 aromatic heterocycles. The lowest BCUT2D eigenvalue weighted by Crippen LogP contribution is -2.31. The van der Waals surface area contributed by atoms with Crippen LogP contribution < -0.4 is 5.69 Å². The van der Waals surface area contributed by atoms with Crippen molar-refractivity contribution in [3.8, 4) is 0 Å². The summed E-state index contributed by atoms with van der Waals surface area (Å²) in [5.74, 6) is -1.94. The molecular formula is C15H17FN2O6. The van der Waals surface area contributed by atoms with Crippen LogP contribution in [0, 0.1) is 12.7 Å². The Morgan fingerprint density at radius 2 is 2.17 bits per heavy atom. The number of halogens is 1. The molecule has 0 spiro atoms. The van der Waals surface area contributed by atoms with Crippen molar-refractivity contribution >= 4 is 11.9 Å². The summed E-state index contributed by atoms with van der Waals surface area (Å²) < 4.78 is 29.7. The first-order valence-corrected chi connectivity index (χ1v) is 7.21. The first-order chi connectivity index (χ1) is 11.3. The second-order valence-electron chi connectivity index (χ2n) is 5.20. The molecule has 1 aromatic rings. The summed E-state index contributed by atoms with van der Waals surface area (Å²) in [6.07, 6.45) is 1.65. The molecule has 0 fully saturated rings. The molecule has 0 saturated carbocycles. The maximum absolute atomic E-state index is 13.5. The van der Waals surface area contributed by atoms with E-state index in [4.69, 9.17) is 14.2 Å². The van der Waals surface area contributed by atoms with Gasteiger partial charge in [0.15, 0.2) is 18.1 Å². The highest BCUT2D eigenvalue weighted by molar-refractivity contribution is 5.78. The Kier molecular flexibility index (Phi) is 5.45. The third-order valence-electron chi connectivity index (χ3n) is 3.23. The van der Waals surface area contributed by atoms with Crippen molar-refractivity contribution in [3.63, 3.8) is 0 Å². The summed E-state index contributed by atoms with van der Waals surface area (Å²) >= 11 is 0. The molecule has 0 radical (unpaired) electrons. The quantitative estimate of drug-likeness (QED) is 0.573. The van der Waals surface area contributed by atoms with Gasteiger partial charge in [0.05, 0.1) is 5.69 Å². The number of hydrogen-bond acceptors (Lipinski definition) is 7. The van der Waals surface area contributed by atoms with E-state index in [2.05, 4.69) is 4.98 Å². The van der Waals surface area contributed by atoms with Crippen molar-refractivity contribution in [2.45, 2.75) is 39.2 Å². The molecule has 3 unspecified atom stereocenters. The summed E-state index contributed by atoms with van der Waals surface area (Å²) in [4.78, 5) is 37.7. The molecule has 2 rings (SSSR count). The second-order valence-corrected chi connectivity index (χ2v) is 5.20. The highest BCUT2D eigenvalue weighted by atomic mass is 19.1. The fourth-order valence-electron chi connectivity index (χ4n) is 2.03. The first-order valence-electron chi connectivity index (χ1n) is 7.21. The lowest BCUT2D eigenvalue weighted by Gasteiger charge is -2.17. The average molecular weight is 340 g/mol. The lowest BCUT2D eigenvalue weighted by atomic mass is 10.3. The van der Waals surface area contributed by atoms with Gasteiger partial charge in [0.1, 0.15) is 12.7 Å². The first kappa shape index (κ1) is 17.8. The maximum Gasteiger partial charge on any atom is 0.350 e. The standard InChI is InChI=1S/C15H17FN2O6/c1-8-12(16)6-18(15(21)17-8)13-5-4-11(24-13)7-22-14(20)9(2)23-10(3)19/h4-6,9,11,13H,7H2,1-3H3. The van der Waals surface area contributed by atoms with Gasteiger partial charge in [-0.05, 0) is 19.9 Å². The Morgan fingerprint density at radius 3 is 2.83 bits per heavy atom. The van der Waals surface area contributed by atoms with E-state index in [1.54, 1.807) is 6.08 Å². The Morgan fingerprint density at radius 1 is 1.46 bits per heavy atom. The minimum atomic E-state index is -1.03. The average Bonchev–Trinajstić information content (AvgIpc) is 2.96. The molecule has 8 nitrogen and oxygen atoms in total. The molecule has 1 aliphatic heterocycles. The number of aryl methyl sites for hydroxylation is 1. The number of rotatable bonds is 5. The summed E-state index contributed by atoms with van der Waals surface area (Å²) in [6.45, 7) is 3.83. The van der Waals surface area contributed by atoms with Gasteiger partial charge in [-0.15, -0.1) is 0 Å². The highest BCUT2D eigenvalue weighted by Crippen LogP contribution is 2.20. The van der Waals surface area contributed by atoms with Crippen LogP contribution in [0.25, 0.3) is 0 Å². The van der Waals surface area contributed by atoms with E-state index < -0.39 is 41.9 Å². The van der Waals surface area contributed by atoms with Crippen LogP contribution in [0.5, 0.6) is 0 Å². The number of nitrogens with zero attached hydrogens (tertiary/aromatic N) is 2. The van der Waals surface area contributed by atoms with E-state index in [1.807, 2.05) is 0 Å². The Balaban J connectivity index is 1.91. The van der Waals surface area contributed by atoms with Crippen molar-refractivity contribution in [2.24, 2.45) is 0 Å². The number of aromatic nitrogens is 2. The van der Waals surface area contributed by atoms with E-state index in [-0.39, 0.29) is 12.3 Å². The van der Waals surface area contributed by atoms with E-state index >= 15 is 0 Å². The fraction of sp³-hybridized carbons (Fsp3) is 0.467. The summed E-state index contributed by atoms with van der Waals surface area (Å²) in [5, 5.41) is 0. The summed E-state index contributed by atoms with van der Waals surface area (Å²) in [7, 11) is 0. The van der Waals surface area contributed by atoms with Crippen LogP contribution in [-0.4, -0.2) is 40.3 Å². The van der Waals surface area contributed by atoms with Gasteiger partial charge in [-0.1, -0.05) is 6.08 Å². The molecule has 2 heterocycles. The van der Waals surface area contributed by atoms with Crippen LogP contribution in [0.4, 0.5) is 4.39 Å². The van der Waals surface area contributed by atoms with Crippen LogP contribution in [0.1, 0.15) is 25.8 Å². The normalized spacial score (nSPS) is 20.7. The molecular weight excluding hydrogens is 323 g/mol. The minimum Gasteiger partial charge on any atom is -0.460 e. The molecule has 9 heteroatoms. The Hall–Kier alpha value is -2.55. The third-order valence-corrected chi connectivity index (χ3v) is 3.23. The SMILES string of the molecule is CC(=O)OC(C)C(=O)OCC1C=CC(n2cc(F)c(C)nc2=O)O1. The summed E-state index contributed by atoms with van der Waals surface area (Å²) in [5.41, 5.74) is -0.646. The molecule has 24 heavy (non-hydrogen) atoms. The van der Waals surface area contributed by atoms with E-state index in [0.29, 0.717) is 0 Å². The highest BCUT2D eigenvalue weighted by Gasteiger charge is 2.25. The molecule has 0 amide bonds. The fourth-order valence-corrected chi connectivity index (χ4v) is 2.03. The third kappa shape index (κ3) is 4.25. The van der Waals surface area contributed by atoms with Gasteiger partial charge in [-0.25, -0.2) is 14.0 Å². The van der Waals surface area contributed by atoms with Crippen LogP contribution in [0.3, 0.4) is 0 Å². The molecule has 0 aliphatic carbocycles.